The fraction of sp³-hybridized carbons (Fsp3) is 0.375. The summed E-state index contributed by atoms with van der Waals surface area (Å²) in [4.78, 5) is 15.3. The van der Waals surface area contributed by atoms with E-state index >= 15 is 0 Å². The Morgan fingerprint density at radius 3 is 2.20 bits per heavy atom. The summed E-state index contributed by atoms with van der Waals surface area (Å²) in [5.74, 6) is -0.169. The molecule has 0 aromatic heterocycles. The fourth-order valence-corrected chi connectivity index (χ4v) is 6.21. The second kappa shape index (κ2) is 9.14. The van der Waals surface area contributed by atoms with Crippen molar-refractivity contribution < 1.29 is 13.2 Å². The van der Waals surface area contributed by atoms with Gasteiger partial charge in [0, 0.05) is 31.2 Å². The number of benzene rings is 2. The van der Waals surface area contributed by atoms with Gasteiger partial charge in [-0.15, -0.1) is 6.58 Å². The van der Waals surface area contributed by atoms with Crippen LogP contribution in [0.3, 0.4) is 0 Å². The number of amides is 1. The van der Waals surface area contributed by atoms with E-state index in [1.807, 2.05) is 63.2 Å². The molecule has 3 rings (SSSR count). The van der Waals surface area contributed by atoms with E-state index in [9.17, 15) is 13.2 Å². The minimum Gasteiger partial charge on any atom is -0.308 e. The smallest absolute Gasteiger partial charge is 0.243 e. The van der Waals surface area contributed by atoms with E-state index in [2.05, 4.69) is 6.58 Å². The number of rotatable bonds is 6. The Hall–Kier alpha value is -2.44. The molecule has 0 atom stereocenters. The first kappa shape index (κ1) is 22.2. The molecule has 0 saturated carbocycles. The molecule has 6 heteroatoms. The van der Waals surface area contributed by atoms with Crippen molar-refractivity contribution in [2.24, 2.45) is 5.92 Å². The topological polar surface area (TPSA) is 57.7 Å². The monoisotopic (exact) mass is 426 g/mol. The molecule has 1 aliphatic heterocycles. The zero-order valence-electron chi connectivity index (χ0n) is 18.0. The highest BCUT2D eigenvalue weighted by molar-refractivity contribution is 7.89. The zero-order chi connectivity index (χ0) is 21.9. The first-order valence-electron chi connectivity index (χ1n) is 10.3. The van der Waals surface area contributed by atoms with Crippen LogP contribution in [0.25, 0.3) is 0 Å². The molecule has 0 spiro atoms. The van der Waals surface area contributed by atoms with Crippen molar-refractivity contribution in [3.63, 3.8) is 0 Å². The predicted molar refractivity (Wildman–Crippen MR) is 121 cm³/mol. The van der Waals surface area contributed by atoms with Crippen molar-refractivity contribution in [2.45, 2.75) is 38.5 Å². The molecule has 0 bridgehead atoms. The maximum atomic E-state index is 13.3. The van der Waals surface area contributed by atoms with Gasteiger partial charge in [-0.3, -0.25) is 4.79 Å². The summed E-state index contributed by atoms with van der Waals surface area (Å²) in [7, 11) is -3.58. The Labute approximate surface area is 180 Å². The van der Waals surface area contributed by atoms with Crippen LogP contribution in [-0.2, 0) is 14.8 Å². The number of aryl methyl sites for hydroxylation is 3. The van der Waals surface area contributed by atoms with Gasteiger partial charge >= 0.3 is 0 Å². The van der Waals surface area contributed by atoms with Gasteiger partial charge in [-0.25, -0.2) is 8.42 Å². The number of para-hydroxylation sites is 1. The Morgan fingerprint density at radius 2 is 1.67 bits per heavy atom. The first-order chi connectivity index (χ1) is 14.3. The van der Waals surface area contributed by atoms with E-state index < -0.39 is 10.0 Å². The fourth-order valence-electron chi connectivity index (χ4n) is 4.33. The van der Waals surface area contributed by atoms with Gasteiger partial charge in [0.25, 0.3) is 0 Å². The highest BCUT2D eigenvalue weighted by Crippen LogP contribution is 2.30. The molecule has 160 valence electrons. The van der Waals surface area contributed by atoms with Crippen LogP contribution >= 0.6 is 0 Å². The van der Waals surface area contributed by atoms with Crippen LogP contribution in [0, 0.1) is 26.7 Å². The molecular weight excluding hydrogens is 396 g/mol. The van der Waals surface area contributed by atoms with Gasteiger partial charge in [-0.2, -0.15) is 4.31 Å². The third-order valence-electron chi connectivity index (χ3n) is 5.65. The summed E-state index contributed by atoms with van der Waals surface area (Å²) < 4.78 is 28.1. The SMILES string of the molecule is C=CCN(C(=O)C1CCN(S(=O)(=O)c2c(C)cc(C)cc2C)CC1)c1ccccc1. The predicted octanol–water partition coefficient (Wildman–Crippen LogP) is 4.23. The molecular formula is C24H30N2O3S. The first-order valence-corrected chi connectivity index (χ1v) is 11.7. The Bertz CT molecular complexity index is 1000. The Kier molecular flexibility index (Phi) is 6.78. The second-order valence-corrected chi connectivity index (χ2v) is 9.85. The van der Waals surface area contributed by atoms with Crippen molar-refractivity contribution in [2.75, 3.05) is 24.5 Å². The van der Waals surface area contributed by atoms with Crippen LogP contribution in [0.4, 0.5) is 5.69 Å². The van der Waals surface area contributed by atoms with Gasteiger partial charge in [-0.1, -0.05) is 42.0 Å². The van der Waals surface area contributed by atoms with E-state index in [0.29, 0.717) is 37.4 Å². The number of carbonyl (C=O) groups is 1. The third kappa shape index (κ3) is 4.50. The van der Waals surface area contributed by atoms with Crippen molar-refractivity contribution in [3.8, 4) is 0 Å². The molecule has 1 saturated heterocycles. The number of piperidine rings is 1. The number of carbonyl (C=O) groups excluding carboxylic acids is 1. The second-order valence-electron chi connectivity index (χ2n) is 7.98. The van der Waals surface area contributed by atoms with Crippen molar-refractivity contribution in [1.82, 2.24) is 4.31 Å². The average Bonchev–Trinajstić information content (AvgIpc) is 2.71. The van der Waals surface area contributed by atoms with Crippen LogP contribution < -0.4 is 4.90 Å². The molecule has 1 fully saturated rings. The van der Waals surface area contributed by atoms with Gasteiger partial charge in [0.2, 0.25) is 15.9 Å². The summed E-state index contributed by atoms with van der Waals surface area (Å²) in [5.41, 5.74) is 3.43. The summed E-state index contributed by atoms with van der Waals surface area (Å²) in [6, 6.07) is 13.3. The lowest BCUT2D eigenvalue weighted by atomic mass is 9.96. The molecule has 1 amide bonds. The zero-order valence-corrected chi connectivity index (χ0v) is 18.8. The summed E-state index contributed by atoms with van der Waals surface area (Å²) in [5, 5.41) is 0. The van der Waals surface area contributed by atoms with Crippen LogP contribution in [0.2, 0.25) is 0 Å². The Morgan fingerprint density at radius 1 is 1.10 bits per heavy atom. The van der Waals surface area contributed by atoms with Gasteiger partial charge in [-0.05, 0) is 56.9 Å². The molecule has 0 radical (unpaired) electrons. The molecule has 1 aliphatic rings. The van der Waals surface area contributed by atoms with Crippen molar-refractivity contribution >= 4 is 21.6 Å². The number of anilines is 1. The number of hydrogen-bond acceptors (Lipinski definition) is 3. The molecule has 30 heavy (non-hydrogen) atoms. The Balaban J connectivity index is 1.75. The lowest BCUT2D eigenvalue weighted by Crippen LogP contribution is -2.44. The van der Waals surface area contributed by atoms with Crippen molar-refractivity contribution in [1.29, 1.82) is 0 Å². The molecule has 0 aliphatic carbocycles. The quantitative estimate of drug-likeness (QED) is 0.650. The van der Waals surface area contributed by atoms with Crippen molar-refractivity contribution in [3.05, 3.63) is 71.8 Å². The number of sulfonamides is 1. The van der Waals surface area contributed by atoms with Gasteiger partial charge in [0.05, 0.1) is 4.90 Å². The van der Waals surface area contributed by atoms with E-state index in [1.165, 1.54) is 4.31 Å². The normalized spacial score (nSPS) is 15.7. The third-order valence-corrected chi connectivity index (χ3v) is 7.86. The lowest BCUT2D eigenvalue weighted by molar-refractivity contribution is -0.123. The number of nitrogens with zero attached hydrogens (tertiary/aromatic N) is 2. The van der Waals surface area contributed by atoms with E-state index in [0.717, 1.165) is 22.4 Å². The largest absolute Gasteiger partial charge is 0.308 e. The van der Waals surface area contributed by atoms with Crippen LogP contribution in [0.1, 0.15) is 29.5 Å². The highest BCUT2D eigenvalue weighted by atomic mass is 32.2. The molecule has 5 nitrogen and oxygen atoms in total. The van der Waals surface area contributed by atoms with Gasteiger partial charge < -0.3 is 4.90 Å². The summed E-state index contributed by atoms with van der Waals surface area (Å²) in [6.45, 7) is 10.6. The molecule has 1 heterocycles. The summed E-state index contributed by atoms with van der Waals surface area (Å²) >= 11 is 0. The average molecular weight is 427 g/mol. The maximum absolute atomic E-state index is 13.3. The number of hydrogen-bond donors (Lipinski definition) is 0. The minimum atomic E-state index is -3.58. The van der Waals surface area contributed by atoms with Crippen LogP contribution in [-0.4, -0.2) is 38.3 Å². The molecule has 2 aromatic carbocycles. The molecule has 2 aromatic rings. The van der Waals surface area contributed by atoms with Crippen LogP contribution in [0.15, 0.2) is 60.0 Å². The molecule has 0 unspecified atom stereocenters. The van der Waals surface area contributed by atoms with Crippen LogP contribution in [0.5, 0.6) is 0 Å². The van der Waals surface area contributed by atoms with Gasteiger partial charge in [0.1, 0.15) is 0 Å². The summed E-state index contributed by atoms with van der Waals surface area (Å²) in [6.07, 6.45) is 2.75. The van der Waals surface area contributed by atoms with Gasteiger partial charge in [0.15, 0.2) is 0 Å². The standard InChI is InChI=1S/C24H30N2O3S/c1-5-13-26(22-9-7-6-8-10-22)24(27)21-11-14-25(15-12-21)30(28,29)23-19(3)16-18(2)17-20(23)4/h5-10,16-17,21H,1,11-15H2,2-4H3. The minimum absolute atomic E-state index is 0.0286. The lowest BCUT2D eigenvalue weighted by Gasteiger charge is -2.34. The van der Waals surface area contributed by atoms with E-state index in [4.69, 9.17) is 0 Å². The van der Waals surface area contributed by atoms with E-state index in [1.54, 1.807) is 11.0 Å². The highest BCUT2D eigenvalue weighted by Gasteiger charge is 2.35. The van der Waals surface area contributed by atoms with E-state index in [-0.39, 0.29) is 11.8 Å². The maximum Gasteiger partial charge on any atom is 0.243 e. The molecule has 0 N–H and O–H groups in total.